The summed E-state index contributed by atoms with van der Waals surface area (Å²) in [5, 5.41) is 4.52. The zero-order valence-electron chi connectivity index (χ0n) is 17.1. The van der Waals surface area contributed by atoms with Gasteiger partial charge in [0.15, 0.2) is 0 Å². The monoisotopic (exact) mass is 412 g/mol. The SMILES string of the molecule is Cc1ccnc(C(C)C)c1-n1c(=O)nc(N2CCNCC2C)c2cnc(Cl)cc21. The molecule has 0 bridgehead atoms. The van der Waals surface area contributed by atoms with Crippen LogP contribution >= 0.6 is 11.6 Å². The lowest BCUT2D eigenvalue weighted by Crippen LogP contribution is -2.50. The third kappa shape index (κ3) is 3.49. The van der Waals surface area contributed by atoms with Crippen LogP contribution in [-0.4, -0.2) is 45.2 Å². The van der Waals surface area contributed by atoms with Crippen LogP contribution in [0, 0.1) is 6.92 Å². The van der Waals surface area contributed by atoms with Gasteiger partial charge in [-0.05, 0) is 31.4 Å². The summed E-state index contributed by atoms with van der Waals surface area (Å²) in [6.45, 7) is 10.7. The van der Waals surface area contributed by atoms with Crippen LogP contribution < -0.4 is 15.9 Å². The molecule has 4 rings (SSSR count). The van der Waals surface area contributed by atoms with E-state index in [9.17, 15) is 4.79 Å². The molecule has 1 atom stereocenters. The number of pyridine rings is 2. The standard InChI is InChI=1S/C21H25ClN6O/c1-12(2)18-19(13(3)5-6-24-18)28-16-9-17(22)25-11-15(16)20(26-21(28)29)27-8-7-23-10-14(27)4/h5-6,9,11-12,14,23H,7-8,10H2,1-4H3. The summed E-state index contributed by atoms with van der Waals surface area (Å²) in [7, 11) is 0. The minimum absolute atomic E-state index is 0.150. The third-order valence-electron chi connectivity index (χ3n) is 5.42. The van der Waals surface area contributed by atoms with Gasteiger partial charge in [0.2, 0.25) is 0 Å². The number of anilines is 1. The minimum atomic E-state index is -0.335. The van der Waals surface area contributed by atoms with E-state index in [1.54, 1.807) is 23.0 Å². The van der Waals surface area contributed by atoms with Crippen LogP contribution in [0.3, 0.4) is 0 Å². The number of piperazine rings is 1. The van der Waals surface area contributed by atoms with Gasteiger partial charge in [0.25, 0.3) is 0 Å². The summed E-state index contributed by atoms with van der Waals surface area (Å²) in [6, 6.07) is 3.87. The summed E-state index contributed by atoms with van der Waals surface area (Å²) in [6.07, 6.45) is 3.49. The van der Waals surface area contributed by atoms with Gasteiger partial charge in [-0.15, -0.1) is 0 Å². The van der Waals surface area contributed by atoms with Crippen molar-refractivity contribution in [1.29, 1.82) is 0 Å². The van der Waals surface area contributed by atoms with E-state index in [0.717, 1.165) is 42.0 Å². The van der Waals surface area contributed by atoms with Crippen molar-refractivity contribution in [2.75, 3.05) is 24.5 Å². The number of fused-ring (bicyclic) bond motifs is 1. The number of aryl methyl sites for hydroxylation is 1. The first-order valence-electron chi connectivity index (χ1n) is 9.90. The Morgan fingerprint density at radius 1 is 1.31 bits per heavy atom. The summed E-state index contributed by atoms with van der Waals surface area (Å²) in [4.78, 5) is 28.9. The van der Waals surface area contributed by atoms with Gasteiger partial charge < -0.3 is 10.2 Å². The van der Waals surface area contributed by atoms with Crippen LogP contribution in [0.15, 0.2) is 29.3 Å². The largest absolute Gasteiger partial charge is 0.354 e. The predicted molar refractivity (Wildman–Crippen MR) is 116 cm³/mol. The van der Waals surface area contributed by atoms with Crippen LogP contribution in [0.25, 0.3) is 16.6 Å². The molecule has 1 aliphatic rings. The molecule has 1 fully saturated rings. The molecule has 0 aromatic carbocycles. The minimum Gasteiger partial charge on any atom is -0.351 e. The maximum Gasteiger partial charge on any atom is 0.354 e. The molecule has 3 aromatic rings. The van der Waals surface area contributed by atoms with E-state index in [4.69, 9.17) is 11.6 Å². The molecule has 29 heavy (non-hydrogen) atoms. The molecule has 1 saturated heterocycles. The molecule has 0 spiro atoms. The number of nitrogens with one attached hydrogen (secondary N) is 1. The molecule has 1 aliphatic heterocycles. The third-order valence-corrected chi connectivity index (χ3v) is 5.63. The van der Waals surface area contributed by atoms with E-state index in [2.05, 4.69) is 45.9 Å². The second-order valence-corrected chi connectivity index (χ2v) is 8.23. The Morgan fingerprint density at radius 3 is 2.83 bits per heavy atom. The fourth-order valence-electron chi connectivity index (χ4n) is 3.96. The van der Waals surface area contributed by atoms with Gasteiger partial charge in [-0.2, -0.15) is 4.98 Å². The number of halogens is 1. The molecule has 1 N–H and O–H groups in total. The highest BCUT2D eigenvalue weighted by atomic mass is 35.5. The van der Waals surface area contributed by atoms with Crippen LogP contribution in [0.1, 0.15) is 37.9 Å². The Kier molecular flexibility index (Phi) is 5.27. The molecular formula is C21H25ClN6O. The van der Waals surface area contributed by atoms with Gasteiger partial charge in [0, 0.05) is 44.1 Å². The van der Waals surface area contributed by atoms with Crippen molar-refractivity contribution < 1.29 is 0 Å². The summed E-state index contributed by atoms with van der Waals surface area (Å²) >= 11 is 6.25. The Balaban J connectivity index is 2.06. The lowest BCUT2D eigenvalue weighted by molar-refractivity contribution is 0.497. The lowest BCUT2D eigenvalue weighted by Gasteiger charge is -2.35. The zero-order chi connectivity index (χ0) is 20.7. The van der Waals surface area contributed by atoms with Crippen molar-refractivity contribution in [2.45, 2.75) is 39.7 Å². The Morgan fingerprint density at radius 2 is 2.10 bits per heavy atom. The van der Waals surface area contributed by atoms with Crippen LogP contribution in [0.4, 0.5) is 5.82 Å². The normalized spacial score (nSPS) is 17.3. The van der Waals surface area contributed by atoms with Crippen LogP contribution in [0.2, 0.25) is 5.15 Å². The second kappa shape index (κ2) is 7.72. The topological polar surface area (TPSA) is 75.9 Å². The predicted octanol–water partition coefficient (Wildman–Crippen LogP) is 3.06. The lowest BCUT2D eigenvalue weighted by atomic mass is 10.0. The van der Waals surface area contributed by atoms with Gasteiger partial charge >= 0.3 is 5.69 Å². The van der Waals surface area contributed by atoms with Gasteiger partial charge in [0.05, 0.1) is 22.3 Å². The van der Waals surface area contributed by atoms with E-state index in [1.807, 2.05) is 13.0 Å². The molecule has 0 radical (unpaired) electrons. The van der Waals surface area contributed by atoms with Crippen molar-refractivity contribution in [2.24, 2.45) is 0 Å². The Bertz CT molecular complexity index is 1130. The van der Waals surface area contributed by atoms with Crippen molar-refractivity contribution in [3.63, 3.8) is 0 Å². The molecule has 3 aromatic heterocycles. The first-order chi connectivity index (χ1) is 13.9. The van der Waals surface area contributed by atoms with Gasteiger partial charge in [-0.1, -0.05) is 25.4 Å². The molecule has 152 valence electrons. The molecule has 0 aliphatic carbocycles. The van der Waals surface area contributed by atoms with E-state index in [0.29, 0.717) is 16.5 Å². The molecule has 4 heterocycles. The fourth-order valence-corrected chi connectivity index (χ4v) is 4.11. The van der Waals surface area contributed by atoms with Crippen LogP contribution in [0.5, 0.6) is 0 Å². The highest BCUT2D eigenvalue weighted by Crippen LogP contribution is 2.30. The number of hydrogen-bond donors (Lipinski definition) is 1. The van der Waals surface area contributed by atoms with Crippen molar-refractivity contribution in [1.82, 2.24) is 24.8 Å². The average Bonchev–Trinajstić information content (AvgIpc) is 2.68. The zero-order valence-corrected chi connectivity index (χ0v) is 17.9. The van der Waals surface area contributed by atoms with Gasteiger partial charge in [-0.25, -0.2) is 9.78 Å². The Hall–Kier alpha value is -2.51. The molecule has 1 unspecified atom stereocenters. The number of rotatable bonds is 3. The van der Waals surface area contributed by atoms with Gasteiger partial charge in [-0.3, -0.25) is 9.55 Å². The summed E-state index contributed by atoms with van der Waals surface area (Å²) < 4.78 is 1.64. The van der Waals surface area contributed by atoms with E-state index < -0.39 is 0 Å². The van der Waals surface area contributed by atoms with Crippen LogP contribution in [-0.2, 0) is 0 Å². The van der Waals surface area contributed by atoms with E-state index in [-0.39, 0.29) is 17.6 Å². The molecule has 7 nitrogen and oxygen atoms in total. The quantitative estimate of drug-likeness (QED) is 0.666. The summed E-state index contributed by atoms with van der Waals surface area (Å²) in [5.74, 6) is 0.809. The summed E-state index contributed by atoms with van der Waals surface area (Å²) in [5.41, 5.74) is 2.95. The molecule has 0 saturated carbocycles. The van der Waals surface area contributed by atoms with Crippen molar-refractivity contribution >= 4 is 28.3 Å². The number of aromatic nitrogens is 4. The smallest absolute Gasteiger partial charge is 0.351 e. The number of nitrogens with zero attached hydrogens (tertiary/aromatic N) is 5. The maximum absolute atomic E-state index is 13.4. The molecule has 8 heteroatoms. The average molecular weight is 413 g/mol. The second-order valence-electron chi connectivity index (χ2n) is 7.84. The molecule has 0 amide bonds. The maximum atomic E-state index is 13.4. The Labute approximate surface area is 174 Å². The number of hydrogen-bond acceptors (Lipinski definition) is 6. The van der Waals surface area contributed by atoms with Crippen molar-refractivity contribution in [3.8, 4) is 5.69 Å². The first kappa shape index (κ1) is 19.8. The van der Waals surface area contributed by atoms with E-state index in [1.165, 1.54) is 0 Å². The highest BCUT2D eigenvalue weighted by Gasteiger charge is 2.25. The van der Waals surface area contributed by atoms with Crippen molar-refractivity contribution in [3.05, 3.63) is 51.4 Å². The highest BCUT2D eigenvalue weighted by molar-refractivity contribution is 6.30. The fraction of sp³-hybridized carbons (Fsp3) is 0.429. The molecular weight excluding hydrogens is 388 g/mol. The van der Waals surface area contributed by atoms with E-state index >= 15 is 0 Å². The first-order valence-corrected chi connectivity index (χ1v) is 10.3. The van der Waals surface area contributed by atoms with Gasteiger partial charge in [0.1, 0.15) is 11.0 Å².